The van der Waals surface area contributed by atoms with Gasteiger partial charge in [0.15, 0.2) is 17.5 Å². The molecule has 0 bridgehead atoms. The van der Waals surface area contributed by atoms with Crippen LogP contribution in [0.2, 0.25) is 0 Å². The second-order valence-electron chi connectivity index (χ2n) is 8.60. The van der Waals surface area contributed by atoms with Gasteiger partial charge in [0.2, 0.25) is 0 Å². The smallest absolute Gasteiger partial charge is 0.175 e. The Morgan fingerprint density at radius 2 is 1.48 bits per heavy atom. The van der Waals surface area contributed by atoms with Gasteiger partial charge < -0.3 is 10.2 Å². The second kappa shape index (κ2) is 7.85. The van der Waals surface area contributed by atoms with Crippen molar-refractivity contribution >= 4 is 39.4 Å². The van der Waals surface area contributed by atoms with Gasteiger partial charge >= 0.3 is 0 Å². The summed E-state index contributed by atoms with van der Waals surface area (Å²) < 4.78 is 1.86. The number of aromatic nitrogens is 5. The van der Waals surface area contributed by atoms with E-state index in [4.69, 9.17) is 20.1 Å². The van der Waals surface area contributed by atoms with E-state index < -0.39 is 0 Å². The van der Waals surface area contributed by atoms with Crippen LogP contribution in [0.4, 0.5) is 17.5 Å². The number of hydrogen-bond donors (Lipinski definition) is 1. The maximum Gasteiger partial charge on any atom is 0.175 e. The first-order chi connectivity index (χ1) is 16.2. The molecule has 2 aromatic carbocycles. The average Bonchev–Trinajstić information content (AvgIpc) is 3.49. The molecule has 6 rings (SSSR count). The fraction of sp³-hybridized carbons (Fsp3) is 0.231. The number of nitrogens with one attached hydrogen (secondary N) is 1. The number of rotatable bonds is 4. The van der Waals surface area contributed by atoms with Gasteiger partial charge in [-0.3, -0.25) is 0 Å². The quantitative estimate of drug-likeness (QED) is 0.412. The first-order valence-corrected chi connectivity index (χ1v) is 11.4. The second-order valence-corrected chi connectivity index (χ2v) is 8.60. The van der Waals surface area contributed by atoms with E-state index in [0.29, 0.717) is 0 Å². The largest absolute Gasteiger partial charge is 0.354 e. The Hall–Kier alpha value is -4.00. The predicted molar refractivity (Wildman–Crippen MR) is 133 cm³/mol. The van der Waals surface area contributed by atoms with Gasteiger partial charge in [-0.05, 0) is 56.5 Å². The normalized spacial score (nSPS) is 13.8. The third-order valence-electron chi connectivity index (χ3n) is 6.16. The van der Waals surface area contributed by atoms with E-state index in [1.807, 2.05) is 60.1 Å². The van der Waals surface area contributed by atoms with Gasteiger partial charge in [0.05, 0.1) is 22.2 Å². The van der Waals surface area contributed by atoms with Crippen LogP contribution in [0, 0.1) is 13.8 Å². The van der Waals surface area contributed by atoms with Gasteiger partial charge in [-0.2, -0.15) is 9.78 Å². The highest BCUT2D eigenvalue weighted by Crippen LogP contribution is 2.31. The van der Waals surface area contributed by atoms with E-state index in [-0.39, 0.29) is 0 Å². The predicted octanol–water partition coefficient (Wildman–Crippen LogP) is 5.32. The number of aryl methyl sites for hydroxylation is 2. The summed E-state index contributed by atoms with van der Waals surface area (Å²) >= 11 is 0. The molecule has 0 saturated carbocycles. The Morgan fingerprint density at radius 1 is 0.788 bits per heavy atom. The lowest BCUT2D eigenvalue weighted by Crippen LogP contribution is -2.21. The van der Waals surface area contributed by atoms with Gasteiger partial charge in [0, 0.05) is 24.5 Å². The molecule has 7 heteroatoms. The van der Waals surface area contributed by atoms with Crippen LogP contribution in [0.1, 0.15) is 24.1 Å². The van der Waals surface area contributed by atoms with Crippen molar-refractivity contribution in [3.05, 3.63) is 71.9 Å². The molecular formula is C26H25N7. The zero-order valence-electron chi connectivity index (χ0n) is 18.8. The van der Waals surface area contributed by atoms with Crippen LogP contribution < -0.4 is 10.2 Å². The number of benzene rings is 2. The molecule has 0 spiro atoms. The molecule has 3 aromatic heterocycles. The van der Waals surface area contributed by atoms with Crippen LogP contribution in [-0.4, -0.2) is 37.8 Å². The maximum absolute atomic E-state index is 4.97. The molecule has 1 saturated heterocycles. The molecule has 4 heterocycles. The molecular weight excluding hydrogens is 410 g/mol. The van der Waals surface area contributed by atoms with E-state index in [9.17, 15) is 0 Å². The summed E-state index contributed by atoms with van der Waals surface area (Å²) in [6.45, 7) is 6.08. The van der Waals surface area contributed by atoms with Crippen molar-refractivity contribution in [2.45, 2.75) is 26.7 Å². The number of anilines is 3. The van der Waals surface area contributed by atoms with Gasteiger partial charge in [-0.25, -0.2) is 15.0 Å². The molecule has 1 aliphatic heterocycles. The Labute approximate surface area is 192 Å². The van der Waals surface area contributed by atoms with Crippen molar-refractivity contribution in [1.29, 1.82) is 0 Å². The van der Waals surface area contributed by atoms with Crippen molar-refractivity contribution in [2.75, 3.05) is 23.3 Å². The molecule has 0 radical (unpaired) electrons. The lowest BCUT2D eigenvalue weighted by molar-refractivity contribution is 0.841. The van der Waals surface area contributed by atoms with Gasteiger partial charge in [-0.1, -0.05) is 30.3 Å². The highest BCUT2D eigenvalue weighted by Gasteiger charge is 2.21. The third-order valence-corrected chi connectivity index (χ3v) is 6.16. The zero-order valence-corrected chi connectivity index (χ0v) is 18.8. The van der Waals surface area contributed by atoms with Crippen molar-refractivity contribution in [3.8, 4) is 5.82 Å². The Morgan fingerprint density at radius 3 is 2.27 bits per heavy atom. The Kier molecular flexibility index (Phi) is 4.68. The van der Waals surface area contributed by atoms with E-state index in [2.05, 4.69) is 29.3 Å². The first-order valence-electron chi connectivity index (χ1n) is 11.4. The number of para-hydroxylation sites is 3. The molecule has 164 valence electrons. The molecule has 1 fully saturated rings. The van der Waals surface area contributed by atoms with Crippen LogP contribution in [0.3, 0.4) is 0 Å². The minimum atomic E-state index is 0.745. The third kappa shape index (κ3) is 3.55. The molecule has 0 atom stereocenters. The van der Waals surface area contributed by atoms with Crippen molar-refractivity contribution in [3.63, 3.8) is 0 Å². The minimum absolute atomic E-state index is 0.745. The monoisotopic (exact) mass is 435 g/mol. The fourth-order valence-corrected chi connectivity index (χ4v) is 4.55. The maximum atomic E-state index is 4.97. The van der Waals surface area contributed by atoms with Crippen molar-refractivity contribution < 1.29 is 0 Å². The number of fused-ring (bicyclic) bond motifs is 2. The molecule has 1 N–H and O–H groups in total. The summed E-state index contributed by atoms with van der Waals surface area (Å²) in [6, 6.07) is 20.3. The minimum Gasteiger partial charge on any atom is -0.354 e. The Bertz CT molecular complexity index is 1480. The molecule has 1 aliphatic rings. The van der Waals surface area contributed by atoms with Gasteiger partial charge in [0.1, 0.15) is 5.82 Å². The highest BCUT2D eigenvalue weighted by molar-refractivity contribution is 5.84. The fourth-order valence-electron chi connectivity index (χ4n) is 4.55. The summed E-state index contributed by atoms with van der Waals surface area (Å²) in [6.07, 6.45) is 2.34. The lowest BCUT2D eigenvalue weighted by Gasteiger charge is -2.20. The zero-order chi connectivity index (χ0) is 22.4. The molecule has 0 amide bonds. The summed E-state index contributed by atoms with van der Waals surface area (Å²) in [5, 5.41) is 9.44. The number of hydrogen-bond acceptors (Lipinski definition) is 6. The molecule has 5 aromatic rings. The topological polar surface area (TPSA) is 71.8 Å². The number of nitrogens with zero attached hydrogens (tertiary/aromatic N) is 6. The first kappa shape index (κ1) is 19.7. The SMILES string of the molecule is Cc1cc(Nc2nc3ccccc3nc2N2CCCC2)n(-c2cc(C)c3ccccc3n2)n1. The molecule has 33 heavy (non-hydrogen) atoms. The van der Waals surface area contributed by atoms with Crippen LogP contribution in [-0.2, 0) is 0 Å². The molecule has 0 aliphatic carbocycles. The van der Waals surface area contributed by atoms with Crippen molar-refractivity contribution in [1.82, 2.24) is 24.7 Å². The lowest BCUT2D eigenvalue weighted by atomic mass is 10.1. The summed E-state index contributed by atoms with van der Waals surface area (Å²) in [5.74, 6) is 3.23. The van der Waals surface area contributed by atoms with E-state index >= 15 is 0 Å². The summed E-state index contributed by atoms with van der Waals surface area (Å²) in [5.41, 5.74) is 4.79. The van der Waals surface area contributed by atoms with Gasteiger partial charge in [0.25, 0.3) is 0 Å². The van der Waals surface area contributed by atoms with Crippen LogP contribution in [0.5, 0.6) is 0 Å². The molecule has 0 unspecified atom stereocenters. The summed E-state index contributed by atoms with van der Waals surface area (Å²) in [4.78, 5) is 17.1. The van der Waals surface area contributed by atoms with Crippen LogP contribution in [0.25, 0.3) is 27.8 Å². The van der Waals surface area contributed by atoms with Crippen molar-refractivity contribution in [2.24, 2.45) is 0 Å². The van der Waals surface area contributed by atoms with E-state index in [0.717, 1.165) is 69.6 Å². The Balaban J connectivity index is 1.47. The van der Waals surface area contributed by atoms with Crippen LogP contribution >= 0.6 is 0 Å². The number of pyridine rings is 1. The average molecular weight is 436 g/mol. The standard InChI is InChI=1S/C26H25N7/c1-17-15-23(27-20-10-4-3-9-19(17)20)33-24(16-18(2)31-33)30-25-26(32-13-7-8-14-32)29-22-12-6-5-11-21(22)28-25/h3-6,9-12,15-16H,7-8,13-14H2,1-2H3,(H,28,30). The van der Waals surface area contributed by atoms with E-state index in [1.165, 1.54) is 12.8 Å². The highest BCUT2D eigenvalue weighted by atomic mass is 15.4. The van der Waals surface area contributed by atoms with Gasteiger partial charge in [-0.15, -0.1) is 0 Å². The van der Waals surface area contributed by atoms with Crippen LogP contribution in [0.15, 0.2) is 60.7 Å². The molecule has 7 nitrogen and oxygen atoms in total. The van der Waals surface area contributed by atoms with E-state index in [1.54, 1.807) is 0 Å². The summed E-state index contributed by atoms with van der Waals surface area (Å²) in [7, 11) is 0.